The second-order valence-electron chi connectivity index (χ2n) is 15.2. The molecule has 0 aliphatic rings. The molecule has 33 heteroatoms. The molecule has 15 nitrogen and oxygen atoms in total. The number of hydrogen-bond acceptors (Lipinski definition) is 14. The van der Waals surface area contributed by atoms with E-state index >= 15 is 0 Å². The number of halogens is 17. The number of carbonyl (C=O) groups excluding carboxylic acids is 4. The van der Waals surface area contributed by atoms with E-state index in [2.05, 4.69) is 338 Å². The highest BCUT2D eigenvalue weighted by atomic mass is 127. The van der Waals surface area contributed by atoms with Crippen LogP contribution in [0, 0.1) is 64.4 Å². The molecule has 0 unspecified atom stereocenters. The van der Waals surface area contributed by atoms with E-state index in [-0.39, 0.29) is 0 Å². The van der Waals surface area contributed by atoms with E-state index in [1.165, 1.54) is 0 Å². The first-order chi connectivity index (χ1) is 36.3. The van der Waals surface area contributed by atoms with Crippen LogP contribution in [0.2, 0.25) is 0 Å². The maximum atomic E-state index is 13.7. The molecule has 0 aliphatic heterocycles. The van der Waals surface area contributed by atoms with Gasteiger partial charge in [-0.25, -0.2) is 28.2 Å². The molecule has 0 spiro atoms. The molecule has 426 valence electrons. The number of ether oxygens (including phenoxy) is 4. The summed E-state index contributed by atoms with van der Waals surface area (Å²) in [6.07, 6.45) is 0. The number of carboxylic acids is 1. The molecule has 5 N–H and O–H groups in total. The van der Waals surface area contributed by atoms with Gasteiger partial charge in [0.25, 0.3) is 0 Å². The van der Waals surface area contributed by atoms with Crippen molar-refractivity contribution in [2.24, 2.45) is 10.8 Å². The minimum absolute atomic E-state index is 0.343. The van der Waals surface area contributed by atoms with Crippen molar-refractivity contribution in [1.82, 2.24) is 0 Å². The Morgan fingerprint density at radius 3 is 0.718 bits per heavy atom. The van der Waals surface area contributed by atoms with Crippen LogP contribution in [0.5, 0.6) is 0 Å². The van der Waals surface area contributed by atoms with Crippen LogP contribution >= 0.6 is 360 Å². The fourth-order valence-electron chi connectivity index (χ4n) is 5.27. The maximum Gasteiger partial charge on any atom is 0.339 e. The number of rotatable bonds is 17. The second-order valence-corrected chi connectivity index (χ2v) is 35.1. The summed E-state index contributed by atoms with van der Waals surface area (Å²) >= 11 is 31.8. The van der Waals surface area contributed by atoms with Crippen LogP contribution in [0.1, 0.15) is 51.8 Å². The summed E-state index contributed by atoms with van der Waals surface area (Å²) in [4.78, 5) is 65.5. The highest BCUT2D eigenvalue weighted by Crippen LogP contribution is 2.31. The van der Waals surface area contributed by atoms with Crippen molar-refractivity contribution in [2.45, 2.75) is 0 Å². The van der Waals surface area contributed by atoms with Gasteiger partial charge >= 0.3 is 29.8 Å². The van der Waals surface area contributed by atoms with Gasteiger partial charge in [0.1, 0.15) is 31.8 Å². The van der Waals surface area contributed by atoms with E-state index < -0.39 is 103 Å². The molecule has 0 atom stereocenters. The van der Waals surface area contributed by atoms with Crippen LogP contribution in [-0.2, 0) is 28.2 Å². The summed E-state index contributed by atoms with van der Waals surface area (Å²) < 4.78 is 45.3. The van der Waals surface area contributed by atoms with Gasteiger partial charge < -0.3 is 44.5 Å². The summed E-state index contributed by atoms with van der Waals surface area (Å²) in [5.74, 6) is -3.40. The average Bonchev–Trinajstić information content (AvgIpc) is 3.37. The van der Waals surface area contributed by atoms with Crippen molar-refractivity contribution < 1.29 is 72.7 Å². The Morgan fingerprint density at radius 2 is 0.551 bits per heavy atom. The van der Waals surface area contributed by atoms with Crippen molar-refractivity contribution in [3.05, 3.63) is 142 Å². The molecule has 5 aromatic rings. The van der Waals surface area contributed by atoms with Crippen LogP contribution < -0.4 is 0 Å². The van der Waals surface area contributed by atoms with E-state index in [4.69, 9.17) is 48.7 Å². The monoisotopic (exact) mass is 2820 g/mol. The van der Waals surface area contributed by atoms with Gasteiger partial charge in [0.05, 0.1) is 59.7 Å². The van der Waals surface area contributed by atoms with Gasteiger partial charge in [0.2, 0.25) is 9.23 Å². The topological polar surface area (TPSA) is 240 Å². The number of aliphatic hydroxyl groups is 4. The predicted octanol–water partition coefficient (Wildman–Crippen LogP) is 14.8. The van der Waals surface area contributed by atoms with Gasteiger partial charge in [-0.2, -0.15) is 0 Å². The third kappa shape index (κ3) is 26.1. The van der Waals surface area contributed by atoms with Gasteiger partial charge in [-0.3, -0.25) is 0 Å². The van der Waals surface area contributed by atoms with Crippen LogP contribution in [0.25, 0.3) is 0 Å². The van der Waals surface area contributed by atoms with E-state index in [9.17, 15) is 24.0 Å². The van der Waals surface area contributed by atoms with E-state index in [1.807, 2.05) is 52.9 Å². The molecule has 0 aliphatic carbocycles. The maximum absolute atomic E-state index is 13.7. The zero-order valence-electron chi connectivity index (χ0n) is 38.1. The first-order valence-corrected chi connectivity index (χ1v) is 39.1. The summed E-state index contributed by atoms with van der Waals surface area (Å²) in [6, 6.07) is 18.3. The van der Waals surface area contributed by atoms with Gasteiger partial charge in [-0.15, -0.1) is 0 Å². The Balaban J connectivity index is 0.000000679. The van der Waals surface area contributed by atoms with E-state index in [0.29, 0.717) is 42.1 Å². The Morgan fingerprint density at radius 1 is 0.372 bits per heavy atom. The minimum atomic E-state index is -1.67. The molecular weight excluding hydrogens is 2790 g/mol. The first kappa shape index (κ1) is 79.1. The largest absolute Gasteiger partial charge is 0.478 e. The summed E-state index contributed by atoms with van der Waals surface area (Å²) in [6.45, 7) is -3.29. The molecule has 0 saturated heterocycles. The summed E-state index contributed by atoms with van der Waals surface area (Å²) in [5, 5.41) is 42.8. The standard InChI is InChI=1S/C33H16I12O8.C7H3I3O2.C5H12O4.Cl2OS/c34-13-1-17(25(42)21(38)5-13)29(46)50-9-33(10-51-30(47)18-2-14(35)6-22(39)26(18)43,11-52-31(48)19-3-15(36)7-23(40)27(19)44)12-53-32(49)20-4-16(37)8-24(41)28(20)45;8-3-1-4(7(11)12)6(10)5(9)2-3;6-1-5(2-7,3-8)4-9;1-4(2)3/h1-8H,9-12H2;1-2H,(H,11,12);6-9H,1-4H2;. The predicted molar refractivity (Wildman–Crippen MR) is 424 cm³/mol. The molecule has 78 heavy (non-hydrogen) atoms. The molecule has 0 aromatic heterocycles. The molecule has 0 bridgehead atoms. The number of carbonyl (C=O) groups is 5. The highest BCUT2D eigenvalue weighted by Gasteiger charge is 2.40. The van der Waals surface area contributed by atoms with Gasteiger partial charge in [0, 0.05) is 74.9 Å². The van der Waals surface area contributed by atoms with Crippen LogP contribution in [-0.4, -0.2) is 112 Å². The molecule has 0 fully saturated rings. The van der Waals surface area contributed by atoms with Crippen LogP contribution in [0.3, 0.4) is 0 Å². The van der Waals surface area contributed by atoms with Crippen molar-refractivity contribution in [3.8, 4) is 0 Å². The van der Waals surface area contributed by atoms with Crippen molar-refractivity contribution in [1.29, 1.82) is 0 Å². The second kappa shape index (κ2) is 39.3. The minimum Gasteiger partial charge on any atom is -0.478 e. The summed E-state index contributed by atoms with van der Waals surface area (Å²) in [7, 11) is 7.36. The van der Waals surface area contributed by atoms with Crippen molar-refractivity contribution >= 4 is 399 Å². The smallest absolute Gasteiger partial charge is 0.339 e. The summed E-state index contributed by atoms with van der Waals surface area (Å²) in [5.41, 5.74) is -0.872. The molecule has 0 amide bonds. The lowest BCUT2D eigenvalue weighted by atomic mass is 9.92. The molecule has 0 saturated carbocycles. The number of aliphatic hydroxyl groups excluding tert-OH is 4. The van der Waals surface area contributed by atoms with Gasteiger partial charge in [0.15, 0.2) is 0 Å². The molecular formula is C45H31Cl2I15O15S. The zero-order valence-corrected chi connectivity index (χ0v) is 72.8. The fourth-order valence-corrected chi connectivity index (χ4v) is 17.2. The van der Waals surface area contributed by atoms with Crippen molar-refractivity contribution in [3.63, 3.8) is 0 Å². The normalized spacial score (nSPS) is 11.0. The van der Waals surface area contributed by atoms with Crippen molar-refractivity contribution in [2.75, 3.05) is 52.9 Å². The van der Waals surface area contributed by atoms with Gasteiger partial charge in [-0.1, -0.05) is 0 Å². The lowest BCUT2D eigenvalue weighted by Crippen LogP contribution is -2.44. The zero-order chi connectivity index (χ0) is 59.6. The quantitative estimate of drug-likeness (QED) is 0.0191. The molecule has 5 aromatic carbocycles. The SMILES string of the molecule is O=C(O)c1cc(I)cc(I)c1I.O=C(OCC(COC(=O)c1cc(I)cc(I)c1I)(COC(=O)c1cc(I)cc(I)c1I)COC(=O)c1cc(I)cc(I)c1I)c1cc(I)cc(I)c1I.O=S(Cl)Cl.OCC(CO)(CO)CO. The molecule has 0 radical (unpaired) electrons. The fraction of sp³-hybridized carbons (Fsp3) is 0.222. The number of carboxylic acid groups (broad SMARTS) is 1. The number of hydrogen-bond donors (Lipinski definition) is 5. The molecule has 5 rings (SSSR count). The van der Waals surface area contributed by atoms with E-state index in [1.54, 1.807) is 30.3 Å². The third-order valence-corrected chi connectivity index (χ3v) is 27.8. The van der Waals surface area contributed by atoms with Gasteiger partial charge in [-0.05, 0) is 400 Å². The van der Waals surface area contributed by atoms with Crippen LogP contribution in [0.15, 0.2) is 60.7 Å². The average molecular weight is 2820 g/mol. The Hall–Kier alpha value is 4.97. The van der Waals surface area contributed by atoms with E-state index in [0.717, 1.165) is 39.3 Å². The highest BCUT2D eigenvalue weighted by molar-refractivity contribution is 14.1. The Bertz CT molecular complexity index is 2710. The lowest BCUT2D eigenvalue weighted by Gasteiger charge is -2.32. The Kier molecular flexibility index (Phi) is 39.8. The first-order valence-electron chi connectivity index (χ1n) is 20.1. The number of esters is 4. The molecule has 0 heterocycles. The number of benzene rings is 5. The third-order valence-electron chi connectivity index (χ3n) is 9.45. The number of aromatic carboxylic acids is 1. The van der Waals surface area contributed by atoms with Crippen LogP contribution in [0.4, 0.5) is 0 Å². The Labute approximate surface area is 663 Å². The lowest BCUT2D eigenvalue weighted by molar-refractivity contribution is -0.0643.